The number of amides is 1. The van der Waals surface area contributed by atoms with Crippen LogP contribution in [0.25, 0.3) is 10.9 Å². The molecule has 0 atom stereocenters. The van der Waals surface area contributed by atoms with Gasteiger partial charge in [0.1, 0.15) is 24.7 Å². The van der Waals surface area contributed by atoms with Gasteiger partial charge in [0.05, 0.1) is 36.0 Å². The van der Waals surface area contributed by atoms with E-state index in [0.717, 1.165) is 33.5 Å². The van der Waals surface area contributed by atoms with Gasteiger partial charge in [-0.05, 0) is 59.7 Å². The van der Waals surface area contributed by atoms with E-state index >= 15 is 0 Å². The van der Waals surface area contributed by atoms with Gasteiger partial charge in [-0.2, -0.15) is 0 Å². The number of methoxy groups -OCH3 is 2. The Bertz CT molecular complexity index is 1620. The highest BCUT2D eigenvalue weighted by Gasteiger charge is 2.20. The molecule has 0 saturated heterocycles. The molecule has 0 aliphatic carbocycles. The number of carbonyl (C=O) groups is 1. The molecule has 0 unspecified atom stereocenters. The molecule has 7 nitrogen and oxygen atoms in total. The Balaban J connectivity index is 1.42. The Morgan fingerprint density at radius 3 is 2.05 bits per heavy atom. The Morgan fingerprint density at radius 1 is 0.775 bits per heavy atom. The van der Waals surface area contributed by atoms with Gasteiger partial charge in [0.15, 0.2) is 11.5 Å². The van der Waals surface area contributed by atoms with Crippen LogP contribution in [-0.4, -0.2) is 25.1 Å². The van der Waals surface area contributed by atoms with E-state index in [1.165, 1.54) is 0 Å². The summed E-state index contributed by atoms with van der Waals surface area (Å²) in [7, 11) is 3.23. The van der Waals surface area contributed by atoms with Crippen molar-refractivity contribution in [3.05, 3.63) is 119 Å². The van der Waals surface area contributed by atoms with E-state index in [4.69, 9.17) is 30.5 Å². The molecule has 0 saturated carbocycles. The smallest absolute Gasteiger partial charge is 0.257 e. The molecule has 5 aromatic rings. The molecule has 0 spiro atoms. The van der Waals surface area contributed by atoms with E-state index in [0.29, 0.717) is 11.4 Å². The summed E-state index contributed by atoms with van der Waals surface area (Å²) < 4.78 is 22.7. The zero-order chi connectivity index (χ0) is 27.9. The average Bonchev–Trinajstić information content (AvgIpc) is 3.00. The van der Waals surface area contributed by atoms with Crippen LogP contribution in [0.1, 0.15) is 21.5 Å². The van der Waals surface area contributed by atoms with Crippen molar-refractivity contribution in [3.8, 4) is 23.0 Å². The second-order valence-corrected chi connectivity index (χ2v) is 9.24. The first-order valence-corrected chi connectivity index (χ1v) is 12.9. The number of aromatic nitrogens is 1. The Labute approximate surface area is 237 Å². The summed E-state index contributed by atoms with van der Waals surface area (Å²) >= 11 is 6.81. The van der Waals surface area contributed by atoms with Gasteiger partial charge >= 0.3 is 0 Å². The lowest BCUT2D eigenvalue weighted by atomic mass is 10.1. The summed E-state index contributed by atoms with van der Waals surface area (Å²) in [5, 5.41) is 3.93. The molecule has 1 heterocycles. The van der Waals surface area contributed by atoms with Crippen molar-refractivity contribution in [2.75, 3.05) is 19.5 Å². The number of fused-ring (bicyclic) bond motifs is 1. The van der Waals surface area contributed by atoms with E-state index in [1.807, 2.05) is 72.8 Å². The van der Waals surface area contributed by atoms with Crippen LogP contribution in [-0.2, 0) is 13.2 Å². The van der Waals surface area contributed by atoms with Gasteiger partial charge in [-0.1, -0.05) is 54.1 Å². The third-order valence-corrected chi connectivity index (χ3v) is 6.67. The first-order valence-electron chi connectivity index (χ1n) is 12.5. The number of carbonyl (C=O) groups excluding carboxylic acids is 1. The third kappa shape index (κ3) is 6.11. The highest BCUT2D eigenvalue weighted by molar-refractivity contribution is 6.36. The van der Waals surface area contributed by atoms with Crippen molar-refractivity contribution in [2.24, 2.45) is 0 Å². The van der Waals surface area contributed by atoms with E-state index in [1.54, 1.807) is 38.6 Å². The van der Waals surface area contributed by atoms with Gasteiger partial charge in [0, 0.05) is 11.6 Å². The molecule has 0 aliphatic heterocycles. The topological polar surface area (TPSA) is 78.9 Å². The number of rotatable bonds is 10. The minimum atomic E-state index is -0.377. The van der Waals surface area contributed by atoms with Crippen LogP contribution in [0.2, 0.25) is 5.02 Å². The summed E-state index contributed by atoms with van der Waals surface area (Å²) in [6.45, 7) is 0.483. The van der Waals surface area contributed by atoms with Crippen LogP contribution in [0.4, 0.5) is 5.69 Å². The first kappa shape index (κ1) is 26.8. The van der Waals surface area contributed by atoms with Crippen molar-refractivity contribution in [2.45, 2.75) is 13.2 Å². The largest absolute Gasteiger partial charge is 0.497 e. The maximum Gasteiger partial charge on any atom is 0.257 e. The molecule has 1 N–H and O–H groups in total. The number of hydrogen-bond donors (Lipinski definition) is 1. The lowest BCUT2D eigenvalue weighted by molar-refractivity contribution is 0.102. The fourth-order valence-electron chi connectivity index (χ4n) is 4.12. The summed E-state index contributed by atoms with van der Waals surface area (Å²) in [4.78, 5) is 17.7. The van der Waals surface area contributed by atoms with E-state index in [9.17, 15) is 4.79 Å². The number of halogens is 1. The molecule has 8 heteroatoms. The fourth-order valence-corrected chi connectivity index (χ4v) is 4.41. The lowest BCUT2D eigenvalue weighted by Gasteiger charge is -2.17. The lowest BCUT2D eigenvalue weighted by Crippen LogP contribution is -2.14. The molecule has 1 aromatic heterocycles. The first-order chi connectivity index (χ1) is 19.6. The van der Waals surface area contributed by atoms with Gasteiger partial charge < -0.3 is 24.3 Å². The number of benzene rings is 4. The quantitative estimate of drug-likeness (QED) is 0.195. The predicted molar refractivity (Wildman–Crippen MR) is 156 cm³/mol. The standard InChI is InChI=1S/C32H27ClN2O5/c1-37-23-11-7-21(8-12-23)19-39-29-16-15-26(30(33)31(29)40-20-22-9-13-24(38-2)14-10-22)32(36)35-28-17-18-34-27-6-4-3-5-25(27)28/h3-18H,19-20H2,1-2H3,(H,34,35,36). The fraction of sp³-hybridized carbons (Fsp3) is 0.125. The molecular formula is C32H27ClN2O5. The van der Waals surface area contributed by atoms with Crippen molar-refractivity contribution in [1.82, 2.24) is 4.98 Å². The average molecular weight is 555 g/mol. The number of pyridine rings is 1. The molecule has 202 valence electrons. The van der Waals surface area contributed by atoms with Gasteiger partial charge in [-0.3, -0.25) is 9.78 Å². The van der Waals surface area contributed by atoms with Crippen molar-refractivity contribution >= 4 is 34.1 Å². The molecule has 0 fully saturated rings. The minimum Gasteiger partial charge on any atom is -0.497 e. The number of hydrogen-bond acceptors (Lipinski definition) is 6. The number of anilines is 1. The maximum atomic E-state index is 13.4. The summed E-state index contributed by atoms with van der Waals surface area (Å²) in [5.41, 5.74) is 3.49. The number of ether oxygens (including phenoxy) is 4. The maximum absolute atomic E-state index is 13.4. The van der Waals surface area contributed by atoms with Crippen molar-refractivity contribution in [1.29, 1.82) is 0 Å². The number of nitrogens with one attached hydrogen (secondary N) is 1. The van der Waals surface area contributed by atoms with E-state index in [-0.39, 0.29) is 35.5 Å². The van der Waals surface area contributed by atoms with Gasteiger partial charge in [0.2, 0.25) is 0 Å². The van der Waals surface area contributed by atoms with Crippen LogP contribution in [0.15, 0.2) is 97.2 Å². The zero-order valence-electron chi connectivity index (χ0n) is 22.0. The second kappa shape index (κ2) is 12.4. The normalized spacial score (nSPS) is 10.7. The third-order valence-electron chi connectivity index (χ3n) is 6.30. The highest BCUT2D eigenvalue weighted by Crippen LogP contribution is 2.39. The molecule has 0 aliphatic rings. The van der Waals surface area contributed by atoms with Crippen LogP contribution in [0, 0.1) is 0 Å². The molecule has 40 heavy (non-hydrogen) atoms. The molecular weight excluding hydrogens is 528 g/mol. The van der Waals surface area contributed by atoms with Crippen LogP contribution >= 0.6 is 11.6 Å². The van der Waals surface area contributed by atoms with Gasteiger partial charge in [-0.15, -0.1) is 0 Å². The summed E-state index contributed by atoms with van der Waals surface area (Å²) in [6, 6.07) is 27.7. The number of para-hydroxylation sites is 1. The Kier molecular flexibility index (Phi) is 8.32. The molecule has 1 amide bonds. The summed E-state index contributed by atoms with van der Waals surface area (Å²) in [5.74, 6) is 1.82. The van der Waals surface area contributed by atoms with Crippen LogP contribution in [0.3, 0.4) is 0 Å². The Morgan fingerprint density at radius 2 is 1.40 bits per heavy atom. The molecule has 0 radical (unpaired) electrons. The van der Waals surface area contributed by atoms with Crippen molar-refractivity contribution < 1.29 is 23.7 Å². The SMILES string of the molecule is COc1ccc(COc2ccc(C(=O)Nc3ccnc4ccccc34)c(Cl)c2OCc2ccc(OC)cc2)cc1. The highest BCUT2D eigenvalue weighted by atomic mass is 35.5. The molecule has 0 bridgehead atoms. The Hall–Kier alpha value is -4.75. The summed E-state index contributed by atoms with van der Waals surface area (Å²) in [6.07, 6.45) is 1.65. The van der Waals surface area contributed by atoms with Crippen LogP contribution < -0.4 is 24.3 Å². The second-order valence-electron chi connectivity index (χ2n) is 8.86. The van der Waals surface area contributed by atoms with E-state index in [2.05, 4.69) is 10.3 Å². The molecule has 5 rings (SSSR count). The van der Waals surface area contributed by atoms with Gasteiger partial charge in [0.25, 0.3) is 5.91 Å². The minimum absolute atomic E-state index is 0.150. The van der Waals surface area contributed by atoms with Crippen molar-refractivity contribution in [3.63, 3.8) is 0 Å². The monoisotopic (exact) mass is 554 g/mol. The zero-order valence-corrected chi connectivity index (χ0v) is 22.8. The molecule has 4 aromatic carbocycles. The van der Waals surface area contributed by atoms with E-state index < -0.39 is 0 Å². The van der Waals surface area contributed by atoms with Crippen LogP contribution in [0.5, 0.6) is 23.0 Å². The number of nitrogens with zero attached hydrogens (tertiary/aromatic N) is 1. The predicted octanol–water partition coefficient (Wildman–Crippen LogP) is 7.32. The van der Waals surface area contributed by atoms with Gasteiger partial charge in [-0.25, -0.2) is 0 Å².